The SMILES string of the molecule is Cc1nnc([S])nc1C. The van der Waals surface area contributed by atoms with Crippen LogP contribution < -0.4 is 0 Å². The first kappa shape index (κ1) is 6.35. The number of hydrogen-bond acceptors (Lipinski definition) is 3. The molecule has 0 amide bonds. The number of aromatic nitrogens is 3. The first-order valence-corrected chi connectivity index (χ1v) is 2.96. The average molecular weight is 140 g/mol. The van der Waals surface area contributed by atoms with Gasteiger partial charge in [-0.3, -0.25) is 0 Å². The zero-order valence-electron chi connectivity index (χ0n) is 5.25. The Bertz CT molecular complexity index is 223. The summed E-state index contributed by atoms with van der Waals surface area (Å²) in [4.78, 5) is 3.91. The molecule has 0 aliphatic heterocycles. The minimum absolute atomic E-state index is 0.318. The van der Waals surface area contributed by atoms with Crippen molar-refractivity contribution in [2.45, 2.75) is 19.0 Å². The normalized spacial score (nSPS) is 9.56. The van der Waals surface area contributed by atoms with Gasteiger partial charge in [0.25, 0.3) is 0 Å². The van der Waals surface area contributed by atoms with Crippen molar-refractivity contribution in [2.75, 3.05) is 0 Å². The Morgan fingerprint density at radius 1 is 1.11 bits per heavy atom. The Kier molecular flexibility index (Phi) is 1.57. The van der Waals surface area contributed by atoms with Crippen LogP contribution in [-0.4, -0.2) is 15.2 Å². The van der Waals surface area contributed by atoms with E-state index in [1.807, 2.05) is 13.8 Å². The van der Waals surface area contributed by atoms with Crippen LogP contribution in [0.4, 0.5) is 0 Å². The van der Waals surface area contributed by atoms with E-state index in [9.17, 15) is 0 Å². The second kappa shape index (κ2) is 2.23. The average Bonchev–Trinajstić information content (AvgIpc) is 1.80. The van der Waals surface area contributed by atoms with E-state index < -0.39 is 0 Å². The lowest BCUT2D eigenvalue weighted by Crippen LogP contribution is -1.95. The van der Waals surface area contributed by atoms with Gasteiger partial charge >= 0.3 is 0 Å². The molecule has 0 saturated carbocycles. The fraction of sp³-hybridized carbons (Fsp3) is 0.400. The van der Waals surface area contributed by atoms with Crippen LogP contribution in [-0.2, 0) is 0 Å². The molecule has 0 spiro atoms. The van der Waals surface area contributed by atoms with E-state index in [0.717, 1.165) is 11.4 Å². The summed E-state index contributed by atoms with van der Waals surface area (Å²) in [7, 11) is 0. The highest BCUT2D eigenvalue weighted by molar-refractivity contribution is 7.80. The van der Waals surface area contributed by atoms with Crippen LogP contribution in [0.3, 0.4) is 0 Å². The first-order valence-electron chi connectivity index (χ1n) is 2.55. The smallest absolute Gasteiger partial charge is 0.221 e. The molecule has 0 atom stereocenters. The lowest BCUT2D eigenvalue weighted by molar-refractivity contribution is 0.793. The van der Waals surface area contributed by atoms with Crippen LogP contribution >= 0.6 is 12.6 Å². The fourth-order valence-electron chi connectivity index (χ4n) is 0.437. The topological polar surface area (TPSA) is 38.7 Å². The van der Waals surface area contributed by atoms with Crippen molar-refractivity contribution >= 4 is 12.6 Å². The molecule has 0 fully saturated rings. The van der Waals surface area contributed by atoms with Crippen molar-refractivity contribution in [3.63, 3.8) is 0 Å². The molecule has 4 heteroatoms. The van der Waals surface area contributed by atoms with Crippen LogP contribution in [0.2, 0.25) is 0 Å². The molecule has 0 unspecified atom stereocenters. The molecule has 1 heterocycles. The predicted molar refractivity (Wildman–Crippen MR) is 35.2 cm³/mol. The summed E-state index contributed by atoms with van der Waals surface area (Å²) in [5, 5.41) is 7.67. The highest BCUT2D eigenvalue weighted by Gasteiger charge is 1.95. The molecule has 0 aromatic carbocycles. The molecule has 0 aliphatic rings. The van der Waals surface area contributed by atoms with Gasteiger partial charge in [-0.05, 0) is 26.5 Å². The zero-order valence-corrected chi connectivity index (χ0v) is 6.07. The molecule has 1 aromatic heterocycles. The molecule has 1 radical (unpaired) electrons. The van der Waals surface area contributed by atoms with E-state index >= 15 is 0 Å². The Morgan fingerprint density at radius 3 is 2.22 bits per heavy atom. The van der Waals surface area contributed by atoms with E-state index in [4.69, 9.17) is 0 Å². The largest absolute Gasteiger partial charge is 0.240 e. The van der Waals surface area contributed by atoms with Crippen molar-refractivity contribution in [1.29, 1.82) is 0 Å². The second-order valence-corrected chi connectivity index (χ2v) is 2.13. The fourth-order valence-corrected chi connectivity index (χ4v) is 0.615. The van der Waals surface area contributed by atoms with E-state index in [0.29, 0.717) is 5.16 Å². The van der Waals surface area contributed by atoms with Gasteiger partial charge in [-0.25, -0.2) is 4.98 Å². The van der Waals surface area contributed by atoms with Gasteiger partial charge in [-0.1, -0.05) is 0 Å². The molecule has 0 aliphatic carbocycles. The molecular formula is C5H6N3S. The van der Waals surface area contributed by atoms with E-state index in [-0.39, 0.29) is 0 Å². The molecule has 0 N–H and O–H groups in total. The number of nitrogens with zero attached hydrogens (tertiary/aromatic N) is 3. The molecule has 9 heavy (non-hydrogen) atoms. The summed E-state index contributed by atoms with van der Waals surface area (Å²) in [6.07, 6.45) is 0. The Balaban J connectivity index is 3.17. The van der Waals surface area contributed by atoms with Crippen molar-refractivity contribution < 1.29 is 0 Å². The molecule has 0 saturated heterocycles. The van der Waals surface area contributed by atoms with Gasteiger partial charge < -0.3 is 0 Å². The third-order valence-corrected chi connectivity index (χ3v) is 1.25. The van der Waals surface area contributed by atoms with E-state index in [1.165, 1.54) is 0 Å². The van der Waals surface area contributed by atoms with Gasteiger partial charge in [-0.2, -0.15) is 5.10 Å². The maximum atomic E-state index is 4.67. The third-order valence-electron chi connectivity index (χ3n) is 1.07. The Morgan fingerprint density at radius 2 is 1.78 bits per heavy atom. The highest BCUT2D eigenvalue weighted by atomic mass is 32.1. The Hall–Kier alpha value is -0.770. The molecule has 1 aromatic rings. The maximum absolute atomic E-state index is 4.67. The molecule has 3 nitrogen and oxygen atoms in total. The zero-order chi connectivity index (χ0) is 6.85. The lowest BCUT2D eigenvalue weighted by Gasteiger charge is -1.93. The highest BCUT2D eigenvalue weighted by Crippen LogP contribution is 1.99. The van der Waals surface area contributed by atoms with Crippen molar-refractivity contribution in [1.82, 2.24) is 15.2 Å². The van der Waals surface area contributed by atoms with Crippen LogP contribution in [0.25, 0.3) is 0 Å². The summed E-state index contributed by atoms with van der Waals surface area (Å²) in [6.45, 7) is 3.71. The third kappa shape index (κ3) is 1.32. The number of aryl methyl sites for hydroxylation is 2. The number of rotatable bonds is 0. The predicted octanol–water partition coefficient (Wildman–Crippen LogP) is 1.04. The van der Waals surface area contributed by atoms with Gasteiger partial charge in [0, 0.05) is 0 Å². The minimum Gasteiger partial charge on any atom is -0.221 e. The minimum atomic E-state index is 0.318. The van der Waals surface area contributed by atoms with Crippen LogP contribution in [0.5, 0.6) is 0 Å². The van der Waals surface area contributed by atoms with Crippen molar-refractivity contribution in [3.05, 3.63) is 11.4 Å². The standard InChI is InChI=1S/C5H6N3S/c1-3-4(2)7-8-5(9)6-3/h1-2H3. The number of hydrogen-bond donors (Lipinski definition) is 0. The second-order valence-electron chi connectivity index (χ2n) is 1.77. The van der Waals surface area contributed by atoms with Gasteiger partial charge in [0.1, 0.15) is 0 Å². The molecule has 1 rings (SSSR count). The van der Waals surface area contributed by atoms with E-state index in [2.05, 4.69) is 27.8 Å². The van der Waals surface area contributed by atoms with Crippen LogP contribution in [0.15, 0.2) is 5.16 Å². The molecule has 0 bridgehead atoms. The maximum Gasteiger partial charge on any atom is 0.240 e. The van der Waals surface area contributed by atoms with Crippen LogP contribution in [0, 0.1) is 13.8 Å². The lowest BCUT2D eigenvalue weighted by atomic mass is 10.4. The van der Waals surface area contributed by atoms with Gasteiger partial charge in [0.15, 0.2) is 0 Å². The monoisotopic (exact) mass is 140 g/mol. The Labute approximate surface area is 58.9 Å². The summed E-state index contributed by atoms with van der Waals surface area (Å²) >= 11 is 4.67. The summed E-state index contributed by atoms with van der Waals surface area (Å²) in [6, 6.07) is 0. The van der Waals surface area contributed by atoms with Gasteiger partial charge in [0.05, 0.1) is 11.4 Å². The van der Waals surface area contributed by atoms with E-state index in [1.54, 1.807) is 0 Å². The summed E-state index contributed by atoms with van der Waals surface area (Å²) in [5.74, 6) is 0. The summed E-state index contributed by atoms with van der Waals surface area (Å²) < 4.78 is 0. The van der Waals surface area contributed by atoms with Gasteiger partial charge in [-0.15, -0.1) is 5.10 Å². The van der Waals surface area contributed by atoms with Crippen molar-refractivity contribution in [2.24, 2.45) is 0 Å². The summed E-state index contributed by atoms with van der Waals surface area (Å²) in [5.41, 5.74) is 1.69. The van der Waals surface area contributed by atoms with Crippen LogP contribution in [0.1, 0.15) is 11.4 Å². The van der Waals surface area contributed by atoms with Crippen molar-refractivity contribution in [3.8, 4) is 0 Å². The first-order chi connectivity index (χ1) is 4.20. The quantitative estimate of drug-likeness (QED) is 0.540. The molecule has 47 valence electrons. The van der Waals surface area contributed by atoms with Gasteiger partial charge in [0.2, 0.25) is 5.16 Å². The molecular weight excluding hydrogens is 134 g/mol.